The van der Waals surface area contributed by atoms with Gasteiger partial charge in [0.2, 0.25) is 0 Å². The zero-order valence-electron chi connectivity index (χ0n) is 23.2. The summed E-state index contributed by atoms with van der Waals surface area (Å²) in [6.45, 7) is 0. The number of hydrogen-bond acceptors (Lipinski definition) is 0. The van der Waals surface area contributed by atoms with Gasteiger partial charge in [-0.15, -0.1) is 0 Å². The first kappa shape index (κ1) is 24.3. The molecule has 0 aromatic heterocycles. The first-order chi connectivity index (χ1) is 20.8. The fourth-order valence-electron chi connectivity index (χ4n) is 6.40. The van der Waals surface area contributed by atoms with Gasteiger partial charge < -0.3 is 0 Å². The second-order valence-electron chi connectivity index (χ2n) is 11.0. The second kappa shape index (κ2) is 10.2. The van der Waals surface area contributed by atoms with Crippen LogP contribution in [0.5, 0.6) is 0 Å². The van der Waals surface area contributed by atoms with E-state index < -0.39 is 0 Å². The van der Waals surface area contributed by atoms with E-state index in [0.29, 0.717) is 0 Å². The summed E-state index contributed by atoms with van der Waals surface area (Å²) in [4.78, 5) is 0. The topological polar surface area (TPSA) is 0 Å². The zero-order chi connectivity index (χ0) is 27.9. The van der Waals surface area contributed by atoms with Crippen LogP contribution < -0.4 is 0 Å². The van der Waals surface area contributed by atoms with Crippen molar-refractivity contribution in [2.75, 3.05) is 0 Å². The van der Waals surface area contributed by atoms with Crippen molar-refractivity contribution in [3.8, 4) is 22.3 Å². The predicted octanol–water partition coefficient (Wildman–Crippen LogP) is 11.8. The van der Waals surface area contributed by atoms with Crippen molar-refractivity contribution in [3.05, 3.63) is 169 Å². The predicted molar refractivity (Wildman–Crippen MR) is 183 cm³/mol. The van der Waals surface area contributed by atoms with Crippen LogP contribution in [0.15, 0.2) is 158 Å². The summed E-state index contributed by atoms with van der Waals surface area (Å²) in [6, 6.07) is 57.2. The molecule has 0 heteroatoms. The largest absolute Gasteiger partial charge is 0.0616 e. The van der Waals surface area contributed by atoms with Crippen molar-refractivity contribution in [1.29, 1.82) is 0 Å². The van der Waals surface area contributed by atoms with E-state index in [2.05, 4.69) is 170 Å². The van der Waals surface area contributed by atoms with E-state index in [1.165, 1.54) is 76.5 Å². The molecule has 0 bridgehead atoms. The molecule has 0 saturated heterocycles. The fourth-order valence-corrected chi connectivity index (χ4v) is 6.40. The molecule has 0 unspecified atom stereocenters. The summed E-state index contributed by atoms with van der Waals surface area (Å²) >= 11 is 0. The third kappa shape index (κ3) is 4.26. The van der Waals surface area contributed by atoms with Gasteiger partial charge in [0.1, 0.15) is 0 Å². The van der Waals surface area contributed by atoms with Crippen LogP contribution in [0.2, 0.25) is 0 Å². The van der Waals surface area contributed by atoms with Crippen molar-refractivity contribution >= 4 is 55.2 Å². The van der Waals surface area contributed by atoms with Gasteiger partial charge in [-0.25, -0.2) is 0 Å². The molecule has 42 heavy (non-hydrogen) atoms. The lowest BCUT2D eigenvalue weighted by Gasteiger charge is -2.12. The highest BCUT2D eigenvalue weighted by atomic mass is 14.1. The van der Waals surface area contributed by atoms with Crippen LogP contribution >= 0.6 is 0 Å². The van der Waals surface area contributed by atoms with Gasteiger partial charge in [0, 0.05) is 0 Å². The van der Waals surface area contributed by atoms with Gasteiger partial charge >= 0.3 is 0 Å². The van der Waals surface area contributed by atoms with Crippen LogP contribution in [0.25, 0.3) is 77.5 Å². The van der Waals surface area contributed by atoms with Crippen LogP contribution in [-0.2, 0) is 0 Å². The maximum absolute atomic E-state index is 2.33. The smallest absolute Gasteiger partial charge is 0.00988 e. The van der Waals surface area contributed by atoms with E-state index in [4.69, 9.17) is 0 Å². The van der Waals surface area contributed by atoms with Crippen molar-refractivity contribution < 1.29 is 0 Å². The van der Waals surface area contributed by atoms with Gasteiger partial charge in [0.25, 0.3) is 0 Å². The number of fused-ring (bicyclic) bond motifs is 6. The SMILES string of the molecule is C(=Cc1cccc(-c2cc3ccccc3c3ccccc23)c1)c1cccc(-c2cc3ccccc3c3ccccc23)c1. The van der Waals surface area contributed by atoms with E-state index in [-0.39, 0.29) is 0 Å². The van der Waals surface area contributed by atoms with Crippen LogP contribution in [0, 0.1) is 0 Å². The summed E-state index contributed by atoms with van der Waals surface area (Å²) < 4.78 is 0. The monoisotopic (exact) mass is 532 g/mol. The minimum Gasteiger partial charge on any atom is -0.0616 e. The zero-order valence-corrected chi connectivity index (χ0v) is 23.2. The quantitative estimate of drug-likeness (QED) is 0.156. The molecule has 0 nitrogen and oxygen atoms in total. The van der Waals surface area contributed by atoms with E-state index >= 15 is 0 Å². The molecule has 0 saturated carbocycles. The molecule has 0 amide bonds. The Morgan fingerprint density at radius 1 is 0.286 bits per heavy atom. The lowest BCUT2D eigenvalue weighted by atomic mass is 9.92. The van der Waals surface area contributed by atoms with Gasteiger partial charge in [-0.05, 0) is 101 Å². The van der Waals surface area contributed by atoms with Crippen molar-refractivity contribution in [3.63, 3.8) is 0 Å². The molecule has 0 spiro atoms. The van der Waals surface area contributed by atoms with Crippen LogP contribution in [-0.4, -0.2) is 0 Å². The first-order valence-corrected chi connectivity index (χ1v) is 14.5. The van der Waals surface area contributed by atoms with Gasteiger partial charge in [-0.3, -0.25) is 0 Å². The van der Waals surface area contributed by atoms with Crippen LogP contribution in [0.1, 0.15) is 11.1 Å². The summed E-state index contributed by atoms with van der Waals surface area (Å²) in [5.41, 5.74) is 7.37. The Bertz CT molecular complexity index is 2140. The van der Waals surface area contributed by atoms with E-state index in [1.54, 1.807) is 0 Å². The van der Waals surface area contributed by atoms with E-state index in [1.807, 2.05) is 0 Å². The highest BCUT2D eigenvalue weighted by Crippen LogP contribution is 2.37. The molecule has 0 atom stereocenters. The third-order valence-electron chi connectivity index (χ3n) is 8.40. The van der Waals surface area contributed by atoms with Gasteiger partial charge in [0.05, 0.1) is 0 Å². The number of rotatable bonds is 4. The minimum atomic E-state index is 1.19. The normalized spacial score (nSPS) is 11.7. The molecule has 0 aliphatic heterocycles. The fraction of sp³-hybridized carbons (Fsp3) is 0. The molecule has 8 aromatic carbocycles. The minimum absolute atomic E-state index is 1.19. The molecule has 0 aliphatic carbocycles. The third-order valence-corrected chi connectivity index (χ3v) is 8.40. The van der Waals surface area contributed by atoms with E-state index in [9.17, 15) is 0 Å². The number of hydrogen-bond donors (Lipinski definition) is 0. The molecule has 0 N–H and O–H groups in total. The lowest BCUT2D eigenvalue weighted by molar-refractivity contribution is 1.62. The van der Waals surface area contributed by atoms with Gasteiger partial charge in [0.15, 0.2) is 0 Å². The maximum atomic E-state index is 2.33. The highest BCUT2D eigenvalue weighted by Gasteiger charge is 2.10. The average molecular weight is 533 g/mol. The molecule has 196 valence electrons. The maximum Gasteiger partial charge on any atom is -0.00988 e. The lowest BCUT2D eigenvalue weighted by Crippen LogP contribution is -1.86. The Labute approximate surface area is 245 Å². The Morgan fingerprint density at radius 2 is 0.667 bits per heavy atom. The average Bonchev–Trinajstić information content (AvgIpc) is 3.07. The molecule has 0 heterocycles. The summed E-state index contributed by atoms with van der Waals surface area (Å²) in [5.74, 6) is 0. The highest BCUT2D eigenvalue weighted by molar-refractivity contribution is 6.15. The summed E-state index contributed by atoms with van der Waals surface area (Å²) in [7, 11) is 0. The van der Waals surface area contributed by atoms with Crippen molar-refractivity contribution in [2.45, 2.75) is 0 Å². The van der Waals surface area contributed by atoms with Crippen LogP contribution in [0.3, 0.4) is 0 Å². The molecule has 0 radical (unpaired) electrons. The molecule has 8 rings (SSSR count). The second-order valence-corrected chi connectivity index (χ2v) is 11.0. The molecule has 8 aromatic rings. The molecule has 0 fully saturated rings. The standard InChI is InChI=1S/C42H28/c1-3-17-35-33(13-1)27-41(39-21-7-5-19-37(35)39)31-15-9-11-29(25-31)23-24-30-12-10-16-32(26-30)42-28-34-14-2-4-18-36(34)38-20-6-8-22-40(38)42/h1-28H. The Balaban J connectivity index is 1.18. The van der Waals surface area contributed by atoms with E-state index in [0.717, 1.165) is 0 Å². The van der Waals surface area contributed by atoms with Crippen molar-refractivity contribution in [2.24, 2.45) is 0 Å². The van der Waals surface area contributed by atoms with Gasteiger partial charge in [-0.2, -0.15) is 0 Å². The number of benzene rings is 8. The van der Waals surface area contributed by atoms with Crippen LogP contribution in [0.4, 0.5) is 0 Å². The Morgan fingerprint density at radius 3 is 1.12 bits per heavy atom. The van der Waals surface area contributed by atoms with Crippen molar-refractivity contribution in [1.82, 2.24) is 0 Å². The first-order valence-electron chi connectivity index (χ1n) is 14.5. The molecule has 0 aliphatic rings. The molecular weight excluding hydrogens is 504 g/mol. The Hall–Kier alpha value is -5.46. The van der Waals surface area contributed by atoms with Gasteiger partial charge in [-0.1, -0.05) is 146 Å². The molecular formula is C42H28. The Kier molecular flexibility index (Phi) is 5.90. The summed E-state index contributed by atoms with van der Waals surface area (Å²) in [5, 5.41) is 10.3. The summed E-state index contributed by atoms with van der Waals surface area (Å²) in [6.07, 6.45) is 4.45.